The van der Waals surface area contributed by atoms with Gasteiger partial charge in [0.25, 0.3) is 0 Å². The third-order valence-corrected chi connectivity index (χ3v) is 8.50. The Hall–Kier alpha value is -3.66. The Balaban J connectivity index is 1.51. The molecule has 0 spiro atoms. The zero-order chi connectivity index (χ0) is 27.0. The van der Waals surface area contributed by atoms with Gasteiger partial charge in [-0.3, -0.25) is 4.79 Å². The van der Waals surface area contributed by atoms with Crippen molar-refractivity contribution in [1.82, 2.24) is 4.22 Å². The molecular formula is C28H23BClNO6S. The first-order chi connectivity index (χ1) is 18.1. The van der Waals surface area contributed by atoms with Gasteiger partial charge in [0.1, 0.15) is 6.10 Å². The fourth-order valence-corrected chi connectivity index (χ4v) is 6.38. The molecule has 0 radical (unpaired) electrons. The van der Waals surface area contributed by atoms with Gasteiger partial charge in [-0.2, -0.15) is 4.22 Å². The van der Waals surface area contributed by atoms with Gasteiger partial charge in [-0.1, -0.05) is 71.8 Å². The lowest BCUT2D eigenvalue weighted by Crippen LogP contribution is -2.54. The second-order valence-electron chi connectivity index (χ2n) is 9.11. The van der Waals surface area contributed by atoms with Crippen LogP contribution in [0.3, 0.4) is 0 Å². The molecule has 7 nitrogen and oxygen atoms in total. The van der Waals surface area contributed by atoms with Crippen LogP contribution in [0.25, 0.3) is 10.8 Å². The minimum absolute atomic E-state index is 0.0218. The molecule has 1 fully saturated rings. The second kappa shape index (κ2) is 10.2. The summed E-state index contributed by atoms with van der Waals surface area (Å²) in [6, 6.07) is 23.9. The van der Waals surface area contributed by atoms with Gasteiger partial charge in [0, 0.05) is 5.02 Å². The Morgan fingerprint density at radius 1 is 0.974 bits per heavy atom. The fraction of sp³-hybridized carbons (Fsp3) is 0.143. The molecule has 0 bridgehead atoms. The van der Waals surface area contributed by atoms with Crippen LogP contribution < -0.4 is 5.46 Å². The molecule has 4 aromatic carbocycles. The maximum Gasteiger partial charge on any atom is 0.502 e. The maximum absolute atomic E-state index is 13.9. The number of fused-ring (bicyclic) bond motifs is 1. The third-order valence-electron chi connectivity index (χ3n) is 6.43. The van der Waals surface area contributed by atoms with Gasteiger partial charge in [-0.25, -0.2) is 13.2 Å². The molecule has 4 aromatic rings. The van der Waals surface area contributed by atoms with E-state index in [2.05, 4.69) is 0 Å². The molecule has 10 heteroatoms. The largest absolute Gasteiger partial charge is 0.514 e. The molecule has 1 aliphatic rings. The van der Waals surface area contributed by atoms with Crippen LogP contribution in [0.5, 0.6) is 0 Å². The molecule has 0 amide bonds. The normalized spacial score (nSPS) is 16.9. The Morgan fingerprint density at radius 2 is 1.68 bits per heavy atom. The van der Waals surface area contributed by atoms with Crippen molar-refractivity contribution in [3.05, 3.63) is 107 Å². The van der Waals surface area contributed by atoms with E-state index in [0.717, 1.165) is 20.6 Å². The number of hydrogen-bond acceptors (Lipinski definition) is 6. The van der Waals surface area contributed by atoms with Crippen molar-refractivity contribution in [3.8, 4) is 0 Å². The standard InChI is InChI=1S/C28H23BClNO6S/c1-18-10-14-25(15-11-18)38(34,35)31-26(28(33)37-29(31)23-8-5-9-24(30)17-23)19(2)36-27(32)22-13-12-20-6-3-4-7-21(20)16-22/h3-17,19,26H,1-2H3/t19-,26-/m0/s1. The van der Waals surface area contributed by atoms with Crippen LogP contribution in [-0.2, 0) is 24.2 Å². The van der Waals surface area contributed by atoms with Crippen LogP contribution in [-0.4, -0.2) is 43.8 Å². The minimum atomic E-state index is -4.27. The van der Waals surface area contributed by atoms with E-state index < -0.39 is 41.2 Å². The number of carbonyl (C=O) groups is 2. The third kappa shape index (κ3) is 4.92. The van der Waals surface area contributed by atoms with Crippen molar-refractivity contribution < 1.29 is 27.4 Å². The van der Waals surface area contributed by atoms with Crippen LogP contribution in [0.4, 0.5) is 0 Å². The van der Waals surface area contributed by atoms with Gasteiger partial charge < -0.3 is 9.39 Å². The van der Waals surface area contributed by atoms with Gasteiger partial charge in [-0.05, 0) is 66.5 Å². The van der Waals surface area contributed by atoms with E-state index in [-0.39, 0.29) is 10.5 Å². The Bertz CT molecular complexity index is 1640. The predicted octanol–water partition coefficient (Wildman–Crippen LogP) is 4.36. The molecular weight excluding hydrogens is 525 g/mol. The second-order valence-corrected chi connectivity index (χ2v) is 11.4. The molecule has 1 aliphatic heterocycles. The number of aryl methyl sites for hydroxylation is 1. The number of rotatable bonds is 6. The summed E-state index contributed by atoms with van der Waals surface area (Å²) in [6.07, 6.45) is -1.16. The molecule has 5 rings (SSSR count). The maximum atomic E-state index is 13.9. The highest BCUT2D eigenvalue weighted by molar-refractivity contribution is 7.90. The van der Waals surface area contributed by atoms with Gasteiger partial charge in [0.15, 0.2) is 6.04 Å². The molecule has 0 aromatic heterocycles. The van der Waals surface area contributed by atoms with E-state index in [4.69, 9.17) is 21.0 Å². The van der Waals surface area contributed by atoms with Gasteiger partial charge in [0.05, 0.1) is 10.5 Å². The number of ether oxygens (including phenoxy) is 1. The lowest BCUT2D eigenvalue weighted by atomic mass is 9.74. The molecule has 0 aliphatic carbocycles. The zero-order valence-corrected chi connectivity index (χ0v) is 22.1. The summed E-state index contributed by atoms with van der Waals surface area (Å²) in [6.45, 7) is 3.31. The van der Waals surface area contributed by atoms with Gasteiger partial charge in [0.2, 0.25) is 10.0 Å². The molecule has 0 saturated carbocycles. The van der Waals surface area contributed by atoms with Crippen molar-refractivity contribution in [2.75, 3.05) is 0 Å². The number of hydrogen-bond donors (Lipinski definition) is 0. The number of benzene rings is 4. The molecule has 1 saturated heterocycles. The van der Waals surface area contributed by atoms with Crippen molar-refractivity contribution in [3.63, 3.8) is 0 Å². The van der Waals surface area contributed by atoms with Crippen molar-refractivity contribution >= 4 is 56.8 Å². The van der Waals surface area contributed by atoms with Crippen LogP contribution in [0.15, 0.2) is 95.9 Å². The van der Waals surface area contributed by atoms with Crippen molar-refractivity contribution in [1.29, 1.82) is 0 Å². The number of nitrogens with zero attached hydrogens (tertiary/aromatic N) is 1. The first-order valence-corrected chi connectivity index (χ1v) is 13.7. The Morgan fingerprint density at radius 3 is 2.39 bits per heavy atom. The molecule has 0 N–H and O–H groups in total. The van der Waals surface area contributed by atoms with E-state index in [1.807, 2.05) is 31.2 Å². The first-order valence-electron chi connectivity index (χ1n) is 11.9. The predicted molar refractivity (Wildman–Crippen MR) is 146 cm³/mol. The van der Waals surface area contributed by atoms with E-state index in [1.54, 1.807) is 48.5 Å². The number of halogens is 1. The van der Waals surface area contributed by atoms with Crippen LogP contribution in [0.2, 0.25) is 5.02 Å². The molecule has 1 heterocycles. The Kier molecular flexibility index (Phi) is 7.00. The van der Waals surface area contributed by atoms with Crippen LogP contribution in [0.1, 0.15) is 22.8 Å². The average Bonchev–Trinajstić information content (AvgIpc) is 3.26. The summed E-state index contributed by atoms with van der Waals surface area (Å²) >= 11 is 6.16. The SMILES string of the molecule is Cc1ccc(S(=O)(=O)N2B(c3cccc(Cl)c3)OC(=O)[C@@H]2[C@H](C)OC(=O)c2ccc3ccccc3c2)cc1. The summed E-state index contributed by atoms with van der Waals surface area (Å²) in [5.41, 5.74) is 1.52. The monoisotopic (exact) mass is 547 g/mol. The lowest BCUT2D eigenvalue weighted by molar-refractivity contribution is -0.136. The van der Waals surface area contributed by atoms with Gasteiger partial charge in [-0.15, -0.1) is 0 Å². The van der Waals surface area contributed by atoms with Crippen LogP contribution >= 0.6 is 11.6 Å². The zero-order valence-electron chi connectivity index (χ0n) is 20.6. The summed E-state index contributed by atoms with van der Waals surface area (Å²) in [5, 5.41) is 2.15. The highest BCUT2D eigenvalue weighted by Gasteiger charge is 2.56. The number of sulfonamides is 1. The van der Waals surface area contributed by atoms with Gasteiger partial charge >= 0.3 is 19.0 Å². The topological polar surface area (TPSA) is 90.0 Å². The quantitative estimate of drug-likeness (QED) is 0.263. The number of esters is 1. The molecule has 192 valence electrons. The Labute approximate surface area is 226 Å². The fourth-order valence-electron chi connectivity index (χ4n) is 4.48. The minimum Gasteiger partial charge on any atom is -0.514 e. The first kappa shape index (κ1) is 26.0. The summed E-state index contributed by atoms with van der Waals surface area (Å²) in [4.78, 5) is 26.2. The average molecular weight is 548 g/mol. The summed E-state index contributed by atoms with van der Waals surface area (Å²) < 4.78 is 40.0. The summed E-state index contributed by atoms with van der Waals surface area (Å²) in [7, 11) is -5.56. The van der Waals surface area contributed by atoms with E-state index in [0.29, 0.717) is 10.5 Å². The molecule has 2 atom stereocenters. The van der Waals surface area contributed by atoms with Crippen molar-refractivity contribution in [2.45, 2.75) is 30.9 Å². The van der Waals surface area contributed by atoms with Crippen molar-refractivity contribution in [2.24, 2.45) is 0 Å². The highest BCUT2D eigenvalue weighted by Crippen LogP contribution is 2.29. The highest BCUT2D eigenvalue weighted by atomic mass is 35.5. The van der Waals surface area contributed by atoms with E-state index in [1.165, 1.54) is 25.1 Å². The molecule has 0 unspecified atom stereocenters. The van der Waals surface area contributed by atoms with Crippen LogP contribution in [0, 0.1) is 6.92 Å². The van der Waals surface area contributed by atoms with E-state index in [9.17, 15) is 18.0 Å². The lowest BCUT2D eigenvalue weighted by Gasteiger charge is -2.27. The smallest absolute Gasteiger partial charge is 0.502 e. The number of carbonyl (C=O) groups excluding carboxylic acids is 2. The van der Waals surface area contributed by atoms with E-state index >= 15 is 0 Å². The molecule has 38 heavy (non-hydrogen) atoms. The summed E-state index contributed by atoms with van der Waals surface area (Å²) in [5.74, 6) is -1.51.